The number of aromatic nitrogens is 1. The predicted octanol–water partition coefficient (Wildman–Crippen LogP) is 4.74. The minimum absolute atomic E-state index is 0.203. The molecule has 2 aromatic carbocycles. The van der Waals surface area contributed by atoms with Crippen LogP contribution in [0, 0.1) is 17.5 Å². The smallest absolute Gasteiger partial charge is 0.143 e. The quantitative estimate of drug-likeness (QED) is 0.716. The Morgan fingerprint density at radius 1 is 0.947 bits per heavy atom. The van der Waals surface area contributed by atoms with Crippen LogP contribution in [-0.2, 0) is 0 Å². The molecule has 3 rings (SSSR count). The fourth-order valence-corrected chi connectivity index (χ4v) is 2.80. The Balaban J connectivity index is 2.06. The number of rotatable bonds is 2. The van der Waals surface area contributed by atoms with E-state index in [4.69, 9.17) is 0 Å². The van der Waals surface area contributed by atoms with Crippen LogP contribution in [0.15, 0.2) is 52.4 Å². The Labute approximate surface area is 111 Å². The summed E-state index contributed by atoms with van der Waals surface area (Å²) in [6.45, 7) is 0. The van der Waals surface area contributed by atoms with Crippen molar-refractivity contribution in [2.24, 2.45) is 0 Å². The summed E-state index contributed by atoms with van der Waals surface area (Å²) in [5, 5.41) is 0.871. The molecule has 0 aliphatic carbocycles. The summed E-state index contributed by atoms with van der Waals surface area (Å²) in [5.74, 6) is -2.71. The van der Waals surface area contributed by atoms with Crippen LogP contribution in [0.3, 0.4) is 0 Å². The lowest BCUT2D eigenvalue weighted by molar-refractivity contribution is 0.511. The van der Waals surface area contributed by atoms with Gasteiger partial charge < -0.3 is 4.98 Å². The molecule has 3 aromatic rings. The number of H-pyrrole nitrogens is 1. The second-order valence-corrected chi connectivity index (χ2v) is 5.05. The zero-order valence-corrected chi connectivity index (χ0v) is 10.4. The molecule has 0 spiro atoms. The van der Waals surface area contributed by atoms with Crippen LogP contribution in [0.2, 0.25) is 0 Å². The molecule has 0 unspecified atom stereocenters. The molecule has 0 saturated heterocycles. The van der Waals surface area contributed by atoms with Crippen LogP contribution < -0.4 is 0 Å². The van der Waals surface area contributed by atoms with Crippen molar-refractivity contribution in [2.45, 2.75) is 9.79 Å². The van der Waals surface area contributed by atoms with Gasteiger partial charge in [0.2, 0.25) is 0 Å². The van der Waals surface area contributed by atoms with E-state index in [2.05, 4.69) is 4.98 Å². The SMILES string of the molecule is Fc1cc(F)c(Sc2c[nH]c3ccccc23)c(F)c1. The molecule has 19 heavy (non-hydrogen) atoms. The van der Waals surface area contributed by atoms with E-state index in [1.807, 2.05) is 24.3 Å². The van der Waals surface area contributed by atoms with Gasteiger partial charge in [-0.3, -0.25) is 0 Å². The maximum absolute atomic E-state index is 13.6. The van der Waals surface area contributed by atoms with Crippen molar-refractivity contribution in [1.29, 1.82) is 0 Å². The van der Waals surface area contributed by atoms with E-state index in [1.54, 1.807) is 6.20 Å². The molecule has 0 aliphatic heterocycles. The Kier molecular flexibility index (Phi) is 2.98. The monoisotopic (exact) mass is 279 g/mol. The van der Waals surface area contributed by atoms with Crippen LogP contribution in [0.1, 0.15) is 0 Å². The highest BCUT2D eigenvalue weighted by molar-refractivity contribution is 7.99. The summed E-state index contributed by atoms with van der Waals surface area (Å²) >= 11 is 0.938. The van der Waals surface area contributed by atoms with Crippen molar-refractivity contribution in [3.8, 4) is 0 Å². The van der Waals surface area contributed by atoms with E-state index >= 15 is 0 Å². The molecule has 0 radical (unpaired) electrons. The van der Waals surface area contributed by atoms with E-state index in [-0.39, 0.29) is 4.90 Å². The van der Waals surface area contributed by atoms with Crippen molar-refractivity contribution in [3.05, 3.63) is 60.0 Å². The third kappa shape index (κ3) is 2.21. The van der Waals surface area contributed by atoms with Crippen LogP contribution in [0.5, 0.6) is 0 Å². The number of hydrogen-bond donors (Lipinski definition) is 1. The first-order chi connectivity index (χ1) is 9.15. The topological polar surface area (TPSA) is 15.8 Å². The summed E-state index contributed by atoms with van der Waals surface area (Å²) in [5.41, 5.74) is 0.882. The molecule has 0 bridgehead atoms. The molecule has 1 nitrogen and oxygen atoms in total. The molecule has 0 atom stereocenters. The number of benzene rings is 2. The van der Waals surface area contributed by atoms with Gasteiger partial charge in [0.15, 0.2) is 0 Å². The molecule has 0 saturated carbocycles. The van der Waals surface area contributed by atoms with Crippen LogP contribution in [0.4, 0.5) is 13.2 Å². The van der Waals surface area contributed by atoms with Gasteiger partial charge in [-0.05, 0) is 6.07 Å². The largest absolute Gasteiger partial charge is 0.360 e. The van der Waals surface area contributed by atoms with Crippen molar-refractivity contribution >= 4 is 22.7 Å². The molecule has 1 N–H and O–H groups in total. The Morgan fingerprint density at radius 3 is 2.37 bits per heavy atom. The van der Waals surface area contributed by atoms with E-state index in [9.17, 15) is 13.2 Å². The Bertz CT molecular complexity index is 728. The summed E-state index contributed by atoms with van der Waals surface area (Å²) < 4.78 is 40.0. The molecular weight excluding hydrogens is 271 g/mol. The average molecular weight is 279 g/mol. The van der Waals surface area contributed by atoms with Crippen LogP contribution in [-0.4, -0.2) is 4.98 Å². The number of hydrogen-bond acceptors (Lipinski definition) is 1. The number of fused-ring (bicyclic) bond motifs is 1. The maximum atomic E-state index is 13.6. The number of nitrogens with one attached hydrogen (secondary N) is 1. The molecule has 1 heterocycles. The van der Waals surface area contributed by atoms with Crippen molar-refractivity contribution in [3.63, 3.8) is 0 Å². The highest BCUT2D eigenvalue weighted by atomic mass is 32.2. The third-order valence-corrected chi connectivity index (χ3v) is 3.88. The van der Waals surface area contributed by atoms with Gasteiger partial charge >= 0.3 is 0 Å². The lowest BCUT2D eigenvalue weighted by Gasteiger charge is -2.04. The van der Waals surface area contributed by atoms with Gasteiger partial charge in [-0.2, -0.15) is 0 Å². The molecule has 96 valence electrons. The lowest BCUT2D eigenvalue weighted by atomic mass is 10.2. The highest BCUT2D eigenvalue weighted by Crippen LogP contribution is 2.36. The van der Waals surface area contributed by atoms with Gasteiger partial charge in [0.05, 0.1) is 4.90 Å². The minimum atomic E-state index is -0.918. The van der Waals surface area contributed by atoms with E-state index in [0.29, 0.717) is 17.0 Å². The fourth-order valence-electron chi connectivity index (χ4n) is 1.87. The third-order valence-electron chi connectivity index (χ3n) is 2.73. The first kappa shape index (κ1) is 12.2. The molecular formula is C14H8F3NS. The summed E-state index contributed by atoms with van der Waals surface area (Å²) in [6.07, 6.45) is 1.68. The molecule has 1 aromatic heterocycles. The predicted molar refractivity (Wildman–Crippen MR) is 68.7 cm³/mol. The van der Waals surface area contributed by atoms with Crippen LogP contribution in [0.25, 0.3) is 10.9 Å². The van der Waals surface area contributed by atoms with Gasteiger partial charge in [-0.1, -0.05) is 30.0 Å². The van der Waals surface area contributed by atoms with Crippen molar-refractivity contribution in [2.75, 3.05) is 0 Å². The highest BCUT2D eigenvalue weighted by Gasteiger charge is 2.14. The molecule has 0 aliphatic rings. The van der Waals surface area contributed by atoms with E-state index in [0.717, 1.165) is 22.7 Å². The number of halogens is 3. The Morgan fingerprint density at radius 2 is 1.63 bits per heavy atom. The summed E-state index contributed by atoms with van der Waals surface area (Å²) in [6, 6.07) is 8.80. The molecule has 5 heteroatoms. The number of para-hydroxylation sites is 1. The first-order valence-electron chi connectivity index (χ1n) is 5.53. The van der Waals surface area contributed by atoms with Crippen molar-refractivity contribution < 1.29 is 13.2 Å². The van der Waals surface area contributed by atoms with Gasteiger partial charge in [0, 0.05) is 34.1 Å². The van der Waals surface area contributed by atoms with Gasteiger partial charge in [-0.25, -0.2) is 13.2 Å². The molecule has 0 amide bonds. The van der Waals surface area contributed by atoms with E-state index in [1.165, 1.54) is 0 Å². The van der Waals surface area contributed by atoms with Crippen LogP contribution >= 0.6 is 11.8 Å². The normalized spacial score (nSPS) is 11.1. The lowest BCUT2D eigenvalue weighted by Crippen LogP contribution is -1.89. The average Bonchev–Trinajstić information content (AvgIpc) is 2.77. The molecule has 0 fully saturated rings. The summed E-state index contributed by atoms with van der Waals surface area (Å²) in [4.78, 5) is 3.51. The zero-order chi connectivity index (χ0) is 13.4. The Hall–Kier alpha value is -1.88. The van der Waals surface area contributed by atoms with Crippen molar-refractivity contribution in [1.82, 2.24) is 4.98 Å². The second-order valence-electron chi connectivity index (χ2n) is 4.00. The fraction of sp³-hybridized carbons (Fsp3) is 0. The standard InChI is InChI=1S/C14H8F3NS/c15-8-5-10(16)14(11(17)6-8)19-13-7-18-12-4-2-1-3-9(12)13/h1-7,18H. The first-order valence-corrected chi connectivity index (χ1v) is 6.35. The number of aromatic amines is 1. The maximum Gasteiger partial charge on any atom is 0.143 e. The van der Waals surface area contributed by atoms with E-state index < -0.39 is 17.5 Å². The minimum Gasteiger partial charge on any atom is -0.360 e. The summed E-state index contributed by atoms with van der Waals surface area (Å²) in [7, 11) is 0. The zero-order valence-electron chi connectivity index (χ0n) is 9.58. The van der Waals surface area contributed by atoms with Gasteiger partial charge in [0.1, 0.15) is 17.5 Å². The second kappa shape index (κ2) is 4.66. The van der Waals surface area contributed by atoms with Gasteiger partial charge in [-0.15, -0.1) is 0 Å². The van der Waals surface area contributed by atoms with Gasteiger partial charge in [0.25, 0.3) is 0 Å².